The molecule has 0 fully saturated rings. The zero-order valence-corrected chi connectivity index (χ0v) is 10.8. The molecule has 0 aliphatic carbocycles. The lowest BCUT2D eigenvalue weighted by Gasteiger charge is -2.07. The van der Waals surface area contributed by atoms with Crippen molar-refractivity contribution in [3.8, 4) is 0 Å². The first-order valence-electron chi connectivity index (χ1n) is 5.18. The van der Waals surface area contributed by atoms with E-state index in [0.717, 1.165) is 0 Å². The van der Waals surface area contributed by atoms with Crippen molar-refractivity contribution in [3.05, 3.63) is 58.1 Å². The number of nitrogen functional groups attached to an aromatic ring is 1. The molecule has 2 aromatic carbocycles. The van der Waals surface area contributed by atoms with Gasteiger partial charge in [0.25, 0.3) is 5.91 Å². The number of carbonyl (C=O) groups is 1. The number of anilines is 2. The van der Waals surface area contributed by atoms with Crippen LogP contribution in [0.3, 0.4) is 0 Å². The lowest BCUT2D eigenvalue weighted by molar-refractivity contribution is 0.102. The third-order valence-electron chi connectivity index (χ3n) is 2.34. The van der Waals surface area contributed by atoms with Crippen LogP contribution in [0.4, 0.5) is 11.4 Å². The zero-order valence-electron chi connectivity index (χ0n) is 9.28. The first-order valence-corrected chi connectivity index (χ1v) is 5.94. The molecule has 92 valence electrons. The van der Waals surface area contributed by atoms with E-state index in [-0.39, 0.29) is 5.91 Å². The Labute approximate surface area is 115 Å². The number of rotatable bonds is 2. The summed E-state index contributed by atoms with van der Waals surface area (Å²) in [5.74, 6) is -0.311. The Bertz CT molecular complexity index is 582. The van der Waals surface area contributed by atoms with Crippen molar-refractivity contribution in [1.82, 2.24) is 0 Å². The Morgan fingerprint density at radius 3 is 2.39 bits per heavy atom. The van der Waals surface area contributed by atoms with E-state index in [0.29, 0.717) is 27.0 Å². The minimum atomic E-state index is -0.311. The maximum absolute atomic E-state index is 12.0. The minimum Gasteiger partial charge on any atom is -0.399 e. The van der Waals surface area contributed by atoms with Crippen molar-refractivity contribution in [2.75, 3.05) is 11.1 Å². The zero-order chi connectivity index (χ0) is 13.1. The molecule has 0 unspecified atom stereocenters. The Morgan fingerprint density at radius 2 is 1.72 bits per heavy atom. The van der Waals surface area contributed by atoms with Crippen LogP contribution in [0.5, 0.6) is 0 Å². The van der Waals surface area contributed by atoms with Crippen molar-refractivity contribution < 1.29 is 4.79 Å². The van der Waals surface area contributed by atoms with E-state index in [9.17, 15) is 4.79 Å². The largest absolute Gasteiger partial charge is 0.399 e. The minimum absolute atomic E-state index is 0.311. The van der Waals surface area contributed by atoms with Crippen LogP contribution >= 0.6 is 23.2 Å². The SMILES string of the molecule is Nc1ccc(Cl)c(C(=O)Nc2ccc(Cl)cc2)c1. The van der Waals surface area contributed by atoms with Crippen LogP contribution in [-0.2, 0) is 0 Å². The van der Waals surface area contributed by atoms with Gasteiger partial charge in [-0.25, -0.2) is 0 Å². The van der Waals surface area contributed by atoms with Crippen LogP contribution < -0.4 is 11.1 Å². The van der Waals surface area contributed by atoms with Gasteiger partial charge in [0, 0.05) is 16.4 Å². The normalized spacial score (nSPS) is 10.1. The molecule has 5 heteroatoms. The monoisotopic (exact) mass is 280 g/mol. The molecule has 0 radical (unpaired) electrons. The summed E-state index contributed by atoms with van der Waals surface area (Å²) in [7, 11) is 0. The molecule has 0 saturated carbocycles. The summed E-state index contributed by atoms with van der Waals surface area (Å²) in [5, 5.41) is 3.68. The summed E-state index contributed by atoms with van der Waals surface area (Å²) in [6.07, 6.45) is 0. The molecule has 18 heavy (non-hydrogen) atoms. The van der Waals surface area contributed by atoms with Crippen molar-refractivity contribution >= 4 is 40.5 Å². The smallest absolute Gasteiger partial charge is 0.257 e. The van der Waals surface area contributed by atoms with Crippen LogP contribution in [0.25, 0.3) is 0 Å². The molecule has 0 heterocycles. The molecule has 1 amide bonds. The van der Waals surface area contributed by atoms with Gasteiger partial charge >= 0.3 is 0 Å². The molecular formula is C13H10Cl2N2O. The molecule has 2 aromatic rings. The van der Waals surface area contributed by atoms with Crippen LogP contribution in [-0.4, -0.2) is 5.91 Å². The van der Waals surface area contributed by atoms with E-state index in [1.165, 1.54) is 6.07 Å². The van der Waals surface area contributed by atoms with E-state index in [4.69, 9.17) is 28.9 Å². The van der Waals surface area contributed by atoms with E-state index in [1.807, 2.05) is 0 Å². The highest BCUT2D eigenvalue weighted by Gasteiger charge is 2.10. The fraction of sp³-hybridized carbons (Fsp3) is 0. The number of benzene rings is 2. The van der Waals surface area contributed by atoms with Gasteiger partial charge in [-0.05, 0) is 42.5 Å². The van der Waals surface area contributed by atoms with Crippen molar-refractivity contribution in [3.63, 3.8) is 0 Å². The summed E-state index contributed by atoms with van der Waals surface area (Å²) < 4.78 is 0. The highest BCUT2D eigenvalue weighted by Crippen LogP contribution is 2.21. The third-order valence-corrected chi connectivity index (χ3v) is 2.92. The summed E-state index contributed by atoms with van der Waals surface area (Å²) in [4.78, 5) is 12.0. The standard InChI is InChI=1S/C13H10Cl2N2O/c14-8-1-4-10(5-2-8)17-13(18)11-7-9(16)3-6-12(11)15/h1-7H,16H2,(H,17,18). The molecule has 2 rings (SSSR count). The first kappa shape index (κ1) is 12.7. The summed E-state index contributed by atoms with van der Waals surface area (Å²) >= 11 is 11.7. The van der Waals surface area contributed by atoms with Gasteiger partial charge in [-0.2, -0.15) is 0 Å². The predicted octanol–water partition coefficient (Wildman–Crippen LogP) is 3.83. The lowest BCUT2D eigenvalue weighted by Crippen LogP contribution is -2.12. The van der Waals surface area contributed by atoms with Crippen LogP contribution in [0, 0.1) is 0 Å². The number of halogens is 2. The van der Waals surface area contributed by atoms with Gasteiger partial charge in [0.05, 0.1) is 10.6 Å². The van der Waals surface area contributed by atoms with Crippen molar-refractivity contribution in [1.29, 1.82) is 0 Å². The Morgan fingerprint density at radius 1 is 1.06 bits per heavy atom. The van der Waals surface area contributed by atoms with Gasteiger partial charge in [0.15, 0.2) is 0 Å². The van der Waals surface area contributed by atoms with E-state index >= 15 is 0 Å². The van der Waals surface area contributed by atoms with Gasteiger partial charge in [-0.1, -0.05) is 23.2 Å². The molecule has 0 atom stereocenters. The Kier molecular flexibility index (Phi) is 3.75. The Hall–Kier alpha value is -1.71. The van der Waals surface area contributed by atoms with Crippen LogP contribution in [0.2, 0.25) is 10.0 Å². The highest BCUT2D eigenvalue weighted by atomic mass is 35.5. The predicted molar refractivity (Wildman–Crippen MR) is 75.3 cm³/mol. The average Bonchev–Trinajstić information content (AvgIpc) is 2.35. The summed E-state index contributed by atoms with van der Waals surface area (Å²) in [5.41, 5.74) is 7.09. The first-order chi connectivity index (χ1) is 8.56. The molecule has 0 aliphatic rings. The molecule has 3 N–H and O–H groups in total. The van der Waals surface area contributed by atoms with Crippen LogP contribution in [0.15, 0.2) is 42.5 Å². The molecule has 0 aromatic heterocycles. The Balaban J connectivity index is 2.21. The molecule has 0 spiro atoms. The van der Waals surface area contributed by atoms with Gasteiger partial charge in [0.1, 0.15) is 0 Å². The fourth-order valence-electron chi connectivity index (χ4n) is 1.45. The van der Waals surface area contributed by atoms with Gasteiger partial charge in [-0.3, -0.25) is 4.79 Å². The maximum atomic E-state index is 12.0. The summed E-state index contributed by atoms with van der Waals surface area (Å²) in [6.45, 7) is 0. The van der Waals surface area contributed by atoms with E-state index in [2.05, 4.69) is 5.32 Å². The number of hydrogen-bond donors (Lipinski definition) is 2. The highest BCUT2D eigenvalue weighted by molar-refractivity contribution is 6.34. The quantitative estimate of drug-likeness (QED) is 0.822. The van der Waals surface area contributed by atoms with Crippen molar-refractivity contribution in [2.24, 2.45) is 0 Å². The number of hydrogen-bond acceptors (Lipinski definition) is 2. The molecule has 0 saturated heterocycles. The maximum Gasteiger partial charge on any atom is 0.257 e. The van der Waals surface area contributed by atoms with Gasteiger partial charge in [-0.15, -0.1) is 0 Å². The van der Waals surface area contributed by atoms with Gasteiger partial charge in [0.2, 0.25) is 0 Å². The van der Waals surface area contributed by atoms with E-state index in [1.54, 1.807) is 36.4 Å². The number of amides is 1. The molecular weight excluding hydrogens is 271 g/mol. The average molecular weight is 281 g/mol. The number of nitrogens with two attached hydrogens (primary N) is 1. The lowest BCUT2D eigenvalue weighted by atomic mass is 10.2. The molecule has 3 nitrogen and oxygen atoms in total. The van der Waals surface area contributed by atoms with Gasteiger partial charge < -0.3 is 11.1 Å². The second kappa shape index (κ2) is 5.29. The second-order valence-corrected chi connectivity index (χ2v) is 4.54. The molecule has 0 aliphatic heterocycles. The van der Waals surface area contributed by atoms with Crippen LogP contribution in [0.1, 0.15) is 10.4 Å². The summed E-state index contributed by atoms with van der Waals surface area (Å²) in [6, 6.07) is 11.6. The van der Waals surface area contributed by atoms with E-state index < -0.39 is 0 Å². The van der Waals surface area contributed by atoms with Crippen molar-refractivity contribution in [2.45, 2.75) is 0 Å². The number of carbonyl (C=O) groups excluding carboxylic acids is 1. The second-order valence-electron chi connectivity index (χ2n) is 3.70. The number of nitrogens with one attached hydrogen (secondary N) is 1. The topological polar surface area (TPSA) is 55.1 Å². The molecule has 0 bridgehead atoms. The third kappa shape index (κ3) is 2.94. The fourth-order valence-corrected chi connectivity index (χ4v) is 1.78.